The van der Waals surface area contributed by atoms with Crippen molar-refractivity contribution in [2.75, 3.05) is 20.7 Å². The molecule has 1 atom stereocenters. The predicted molar refractivity (Wildman–Crippen MR) is 88.8 cm³/mol. The summed E-state index contributed by atoms with van der Waals surface area (Å²) in [5.74, 6) is 1.01. The second-order valence-electron chi connectivity index (χ2n) is 6.25. The van der Waals surface area contributed by atoms with E-state index in [2.05, 4.69) is 49.3 Å². The number of hydrogen-bond acceptors (Lipinski definition) is 3. The number of ether oxygens (including phenoxy) is 1. The minimum absolute atomic E-state index is 0.392. The average molecular weight is 290 g/mol. The highest BCUT2D eigenvalue weighted by Gasteiger charge is 2.22. The molecule has 1 aromatic rings. The Balaban J connectivity index is 2.09. The van der Waals surface area contributed by atoms with Crippen molar-refractivity contribution in [1.29, 1.82) is 0 Å². The Bertz CT molecular complexity index is 443. The summed E-state index contributed by atoms with van der Waals surface area (Å²) < 4.78 is 5.55. The van der Waals surface area contributed by atoms with Crippen LogP contribution < -0.4 is 10.1 Å². The van der Waals surface area contributed by atoms with Crippen LogP contribution in [0.2, 0.25) is 0 Å². The first-order valence-corrected chi connectivity index (χ1v) is 8.26. The van der Waals surface area contributed by atoms with Gasteiger partial charge in [0.05, 0.1) is 7.11 Å². The van der Waals surface area contributed by atoms with Gasteiger partial charge in [-0.3, -0.25) is 4.90 Å². The molecule has 1 saturated carbocycles. The molecule has 0 amide bonds. The van der Waals surface area contributed by atoms with E-state index in [0.717, 1.165) is 31.3 Å². The Labute approximate surface area is 129 Å². The molecule has 0 heterocycles. The van der Waals surface area contributed by atoms with Gasteiger partial charge in [-0.25, -0.2) is 0 Å². The Kier molecular flexibility index (Phi) is 6.07. The lowest BCUT2D eigenvalue weighted by molar-refractivity contribution is 0.151. The van der Waals surface area contributed by atoms with Gasteiger partial charge >= 0.3 is 0 Å². The van der Waals surface area contributed by atoms with Crippen LogP contribution >= 0.6 is 0 Å². The molecule has 118 valence electrons. The van der Waals surface area contributed by atoms with Crippen LogP contribution in [0.1, 0.15) is 56.7 Å². The number of methoxy groups -OCH3 is 1. The molecule has 2 rings (SSSR count). The summed E-state index contributed by atoms with van der Waals surface area (Å²) >= 11 is 0. The van der Waals surface area contributed by atoms with Gasteiger partial charge in [0.1, 0.15) is 5.75 Å². The van der Waals surface area contributed by atoms with Gasteiger partial charge in [-0.2, -0.15) is 0 Å². The van der Waals surface area contributed by atoms with Crippen LogP contribution in [0.3, 0.4) is 0 Å². The van der Waals surface area contributed by atoms with Crippen molar-refractivity contribution in [3.8, 4) is 5.75 Å². The van der Waals surface area contributed by atoms with E-state index in [9.17, 15) is 0 Å². The molecule has 0 aliphatic heterocycles. The van der Waals surface area contributed by atoms with Gasteiger partial charge in [0.2, 0.25) is 0 Å². The Morgan fingerprint density at radius 3 is 2.71 bits per heavy atom. The second-order valence-corrected chi connectivity index (χ2v) is 6.25. The third-order valence-electron chi connectivity index (χ3n) is 4.62. The molecular weight excluding hydrogens is 260 g/mol. The van der Waals surface area contributed by atoms with E-state index < -0.39 is 0 Å². The first-order chi connectivity index (χ1) is 10.2. The molecule has 0 radical (unpaired) electrons. The molecule has 0 spiro atoms. The van der Waals surface area contributed by atoms with E-state index in [1.54, 1.807) is 7.11 Å². The topological polar surface area (TPSA) is 24.5 Å². The first-order valence-electron chi connectivity index (χ1n) is 8.26. The van der Waals surface area contributed by atoms with Gasteiger partial charge in [0.15, 0.2) is 0 Å². The van der Waals surface area contributed by atoms with Crippen LogP contribution in [0, 0.1) is 0 Å². The van der Waals surface area contributed by atoms with Gasteiger partial charge < -0.3 is 10.1 Å². The Morgan fingerprint density at radius 2 is 2.14 bits per heavy atom. The zero-order valence-electron chi connectivity index (χ0n) is 14.0. The third-order valence-corrected chi connectivity index (χ3v) is 4.62. The zero-order valence-corrected chi connectivity index (χ0v) is 14.0. The molecule has 21 heavy (non-hydrogen) atoms. The lowest BCUT2D eigenvalue weighted by Crippen LogP contribution is -2.36. The third kappa shape index (κ3) is 4.21. The van der Waals surface area contributed by atoms with Crippen LogP contribution in [0.4, 0.5) is 0 Å². The van der Waals surface area contributed by atoms with E-state index in [1.165, 1.54) is 30.4 Å². The fourth-order valence-electron chi connectivity index (χ4n) is 2.90. The maximum atomic E-state index is 5.55. The van der Waals surface area contributed by atoms with E-state index in [0.29, 0.717) is 6.04 Å². The lowest BCUT2D eigenvalue weighted by Gasteiger charge is -2.35. The van der Waals surface area contributed by atoms with Crippen LogP contribution in [0.25, 0.3) is 0 Å². The van der Waals surface area contributed by atoms with Crippen molar-refractivity contribution in [3.63, 3.8) is 0 Å². The van der Waals surface area contributed by atoms with Crippen molar-refractivity contribution in [2.24, 2.45) is 0 Å². The average Bonchev–Trinajstić information content (AvgIpc) is 2.42. The van der Waals surface area contributed by atoms with E-state index in [-0.39, 0.29) is 0 Å². The normalized spacial score (nSPS) is 16.8. The molecular formula is C18H30N2O. The van der Waals surface area contributed by atoms with Crippen molar-refractivity contribution < 1.29 is 4.74 Å². The summed E-state index contributed by atoms with van der Waals surface area (Å²) in [6.45, 7) is 6.47. The van der Waals surface area contributed by atoms with Gasteiger partial charge in [-0.1, -0.05) is 19.4 Å². The maximum absolute atomic E-state index is 5.55. The molecule has 1 aliphatic rings. The molecule has 3 nitrogen and oxygen atoms in total. The molecule has 1 aliphatic carbocycles. The quantitative estimate of drug-likeness (QED) is 0.789. The minimum Gasteiger partial charge on any atom is -0.496 e. The molecule has 0 aromatic heterocycles. The molecule has 3 heteroatoms. The highest BCUT2D eigenvalue weighted by Crippen LogP contribution is 2.29. The predicted octanol–water partition coefficient (Wildman–Crippen LogP) is 3.74. The maximum Gasteiger partial charge on any atom is 0.123 e. The van der Waals surface area contributed by atoms with Crippen molar-refractivity contribution >= 4 is 0 Å². The minimum atomic E-state index is 0.392. The molecule has 1 unspecified atom stereocenters. The summed E-state index contributed by atoms with van der Waals surface area (Å²) in [6, 6.07) is 7.75. The van der Waals surface area contributed by atoms with Crippen molar-refractivity contribution in [3.05, 3.63) is 29.3 Å². The van der Waals surface area contributed by atoms with Gasteiger partial charge in [0, 0.05) is 24.2 Å². The lowest BCUT2D eigenvalue weighted by atomic mass is 9.91. The van der Waals surface area contributed by atoms with Gasteiger partial charge in [0.25, 0.3) is 0 Å². The molecule has 1 aromatic carbocycles. The smallest absolute Gasteiger partial charge is 0.123 e. The number of nitrogens with one attached hydrogen (secondary N) is 1. The standard InChI is InChI=1S/C18H30N2O/c1-5-11-19-14(2)15-9-10-18(21-4)16(12-15)13-20(3)17-7-6-8-17/h9-10,12,14,17,19H,5-8,11,13H2,1-4H3. The highest BCUT2D eigenvalue weighted by atomic mass is 16.5. The van der Waals surface area contributed by atoms with Gasteiger partial charge in [-0.05, 0) is 57.5 Å². The van der Waals surface area contributed by atoms with E-state index in [1.807, 2.05) is 0 Å². The fraction of sp³-hybridized carbons (Fsp3) is 0.667. The Morgan fingerprint density at radius 1 is 1.38 bits per heavy atom. The zero-order chi connectivity index (χ0) is 15.2. The largest absolute Gasteiger partial charge is 0.496 e. The van der Waals surface area contributed by atoms with Crippen LogP contribution in [0.5, 0.6) is 5.75 Å². The number of nitrogens with zero attached hydrogens (tertiary/aromatic N) is 1. The second kappa shape index (κ2) is 7.81. The SMILES string of the molecule is CCCNC(C)c1ccc(OC)c(CN(C)C2CCC2)c1. The highest BCUT2D eigenvalue weighted by molar-refractivity contribution is 5.38. The monoisotopic (exact) mass is 290 g/mol. The summed E-state index contributed by atoms with van der Waals surface area (Å²) in [7, 11) is 4.00. The van der Waals surface area contributed by atoms with Crippen molar-refractivity contribution in [1.82, 2.24) is 10.2 Å². The summed E-state index contributed by atoms with van der Waals surface area (Å²) in [4.78, 5) is 2.47. The van der Waals surface area contributed by atoms with Crippen molar-refractivity contribution in [2.45, 2.75) is 58.2 Å². The van der Waals surface area contributed by atoms with Crippen LogP contribution in [-0.2, 0) is 6.54 Å². The molecule has 0 saturated heterocycles. The summed E-state index contributed by atoms with van der Waals surface area (Å²) in [5.41, 5.74) is 2.65. The first kappa shape index (κ1) is 16.3. The number of rotatable bonds is 8. The Hall–Kier alpha value is -1.06. The number of hydrogen-bond donors (Lipinski definition) is 1. The molecule has 0 bridgehead atoms. The summed E-state index contributed by atoms with van der Waals surface area (Å²) in [6.07, 6.45) is 5.22. The fourth-order valence-corrected chi connectivity index (χ4v) is 2.90. The molecule has 1 fully saturated rings. The van der Waals surface area contributed by atoms with E-state index >= 15 is 0 Å². The molecule has 1 N–H and O–H groups in total. The van der Waals surface area contributed by atoms with Crippen LogP contribution in [-0.4, -0.2) is 31.6 Å². The van der Waals surface area contributed by atoms with Crippen LogP contribution in [0.15, 0.2) is 18.2 Å². The van der Waals surface area contributed by atoms with E-state index in [4.69, 9.17) is 4.74 Å². The summed E-state index contributed by atoms with van der Waals surface area (Å²) in [5, 5.41) is 3.56. The van der Waals surface area contributed by atoms with Gasteiger partial charge in [-0.15, -0.1) is 0 Å². The number of benzene rings is 1.